The van der Waals surface area contributed by atoms with Gasteiger partial charge in [-0.2, -0.15) is 0 Å². The molecule has 1 aliphatic rings. The van der Waals surface area contributed by atoms with Gasteiger partial charge in [0, 0.05) is 6.42 Å². The van der Waals surface area contributed by atoms with Crippen LogP contribution in [0.3, 0.4) is 0 Å². The molecule has 1 rings (SSSR count). The average molecular weight is 190 g/mol. The van der Waals surface area contributed by atoms with E-state index in [-0.39, 0.29) is 19.2 Å². The van der Waals surface area contributed by atoms with Crippen LogP contribution in [0.15, 0.2) is 0 Å². The number of aliphatic hydroxyl groups is 2. The minimum absolute atomic E-state index is 0.00486. The van der Waals surface area contributed by atoms with Gasteiger partial charge < -0.3 is 19.7 Å². The fraction of sp³-hybridized carbons (Fsp3) is 0.875. The Morgan fingerprint density at radius 1 is 1.62 bits per heavy atom. The third-order valence-corrected chi connectivity index (χ3v) is 1.95. The number of carbonyl (C=O) groups excluding carboxylic acids is 1. The highest BCUT2D eigenvalue weighted by molar-refractivity contribution is 5.68. The quantitative estimate of drug-likeness (QED) is 0.562. The van der Waals surface area contributed by atoms with E-state index < -0.39 is 18.3 Å². The molecule has 0 radical (unpaired) electrons. The maximum atomic E-state index is 10.7. The smallest absolute Gasteiger partial charge is 0.305 e. The molecule has 0 bridgehead atoms. The summed E-state index contributed by atoms with van der Waals surface area (Å²) in [6.07, 6.45) is -2.12. The number of hydrogen-bond acceptors (Lipinski definition) is 5. The van der Waals surface area contributed by atoms with Gasteiger partial charge in [0.15, 0.2) is 0 Å². The number of aliphatic hydroxyl groups excluding tert-OH is 2. The molecule has 1 fully saturated rings. The van der Waals surface area contributed by atoms with Gasteiger partial charge in [-0.25, -0.2) is 0 Å². The Morgan fingerprint density at radius 3 is 2.77 bits per heavy atom. The lowest BCUT2D eigenvalue weighted by Crippen LogP contribution is -2.33. The van der Waals surface area contributed by atoms with Gasteiger partial charge in [-0.3, -0.25) is 4.79 Å². The molecule has 1 saturated heterocycles. The summed E-state index contributed by atoms with van der Waals surface area (Å²) >= 11 is 0. The fourth-order valence-electron chi connectivity index (χ4n) is 1.09. The molecule has 0 aliphatic carbocycles. The first-order chi connectivity index (χ1) is 6.15. The summed E-state index contributed by atoms with van der Waals surface area (Å²) in [4.78, 5) is 10.7. The van der Waals surface area contributed by atoms with E-state index in [1.807, 2.05) is 0 Å². The van der Waals surface area contributed by atoms with Crippen LogP contribution >= 0.6 is 0 Å². The lowest BCUT2D eigenvalue weighted by Gasteiger charge is -2.14. The molecule has 5 heteroatoms. The zero-order valence-corrected chi connectivity index (χ0v) is 7.47. The minimum atomic E-state index is -0.954. The van der Waals surface area contributed by atoms with Crippen molar-refractivity contribution < 1.29 is 24.5 Å². The van der Waals surface area contributed by atoms with E-state index in [1.54, 1.807) is 6.92 Å². The Hall–Kier alpha value is -0.650. The second kappa shape index (κ2) is 4.55. The molecule has 13 heavy (non-hydrogen) atoms. The van der Waals surface area contributed by atoms with Crippen LogP contribution in [0.1, 0.15) is 13.3 Å². The molecule has 0 amide bonds. The first kappa shape index (κ1) is 10.4. The molecule has 0 aromatic heterocycles. The van der Waals surface area contributed by atoms with Gasteiger partial charge >= 0.3 is 5.97 Å². The molecule has 0 saturated carbocycles. The van der Waals surface area contributed by atoms with Crippen molar-refractivity contribution in [3.8, 4) is 0 Å². The summed E-state index contributed by atoms with van der Waals surface area (Å²) in [5, 5.41) is 18.4. The molecule has 0 unspecified atom stereocenters. The topological polar surface area (TPSA) is 76.0 Å². The van der Waals surface area contributed by atoms with E-state index in [2.05, 4.69) is 0 Å². The second-order valence-corrected chi connectivity index (χ2v) is 2.97. The van der Waals surface area contributed by atoms with Crippen LogP contribution in [0, 0.1) is 0 Å². The van der Waals surface area contributed by atoms with Gasteiger partial charge in [-0.1, -0.05) is 6.92 Å². The zero-order chi connectivity index (χ0) is 9.84. The van der Waals surface area contributed by atoms with Gasteiger partial charge in [-0.15, -0.1) is 0 Å². The molecular weight excluding hydrogens is 176 g/mol. The standard InChI is InChI=1S/C8H14O5/c1-2-7(10)13-4-6-8(11)5(9)3-12-6/h5-6,8-9,11H,2-4H2,1H3/t5-,6+,8-/m0/s1. The maximum Gasteiger partial charge on any atom is 0.305 e. The fourth-order valence-corrected chi connectivity index (χ4v) is 1.09. The SMILES string of the molecule is CCC(=O)OC[C@H]1OC[C@H](O)[C@@H]1O. The number of rotatable bonds is 3. The normalized spacial score (nSPS) is 33.3. The highest BCUT2D eigenvalue weighted by Crippen LogP contribution is 2.14. The molecule has 1 aliphatic heterocycles. The van der Waals surface area contributed by atoms with Crippen LogP contribution in [0.25, 0.3) is 0 Å². The summed E-state index contributed by atoms with van der Waals surface area (Å²) in [5.74, 6) is -0.336. The molecule has 0 aromatic carbocycles. The number of esters is 1. The van der Waals surface area contributed by atoms with Gasteiger partial charge in [0.05, 0.1) is 6.61 Å². The lowest BCUT2D eigenvalue weighted by atomic mass is 10.2. The number of carbonyl (C=O) groups is 1. The van der Waals surface area contributed by atoms with E-state index in [0.29, 0.717) is 6.42 Å². The molecular formula is C8H14O5. The molecule has 0 aromatic rings. The predicted molar refractivity (Wildman–Crippen MR) is 43.0 cm³/mol. The first-order valence-corrected chi connectivity index (χ1v) is 4.28. The Bertz CT molecular complexity index is 181. The van der Waals surface area contributed by atoms with Crippen LogP contribution in [-0.4, -0.2) is 47.7 Å². The first-order valence-electron chi connectivity index (χ1n) is 4.28. The third kappa shape index (κ3) is 2.65. The number of hydrogen-bond donors (Lipinski definition) is 2. The third-order valence-electron chi connectivity index (χ3n) is 1.95. The largest absolute Gasteiger partial charge is 0.463 e. The Morgan fingerprint density at radius 2 is 2.31 bits per heavy atom. The van der Waals surface area contributed by atoms with Crippen molar-refractivity contribution in [2.24, 2.45) is 0 Å². The molecule has 1 heterocycles. The van der Waals surface area contributed by atoms with Crippen molar-refractivity contribution in [1.82, 2.24) is 0 Å². The second-order valence-electron chi connectivity index (χ2n) is 2.97. The van der Waals surface area contributed by atoms with E-state index in [1.165, 1.54) is 0 Å². The van der Waals surface area contributed by atoms with Crippen LogP contribution in [0.4, 0.5) is 0 Å². The van der Waals surface area contributed by atoms with E-state index in [4.69, 9.17) is 14.6 Å². The van der Waals surface area contributed by atoms with Crippen LogP contribution < -0.4 is 0 Å². The van der Waals surface area contributed by atoms with E-state index in [9.17, 15) is 9.90 Å². The van der Waals surface area contributed by atoms with Crippen LogP contribution in [-0.2, 0) is 14.3 Å². The summed E-state index contributed by atoms with van der Waals surface area (Å²) < 4.78 is 9.75. The van der Waals surface area contributed by atoms with Crippen molar-refractivity contribution >= 4 is 5.97 Å². The summed E-state index contributed by atoms with van der Waals surface area (Å²) in [7, 11) is 0. The minimum Gasteiger partial charge on any atom is -0.463 e. The van der Waals surface area contributed by atoms with Gasteiger partial charge in [0.25, 0.3) is 0 Å². The Kier molecular flexibility index (Phi) is 3.65. The molecule has 0 spiro atoms. The molecule has 5 nitrogen and oxygen atoms in total. The summed E-state index contributed by atoms with van der Waals surface area (Å²) in [6, 6.07) is 0. The molecule has 3 atom stereocenters. The average Bonchev–Trinajstić information content (AvgIpc) is 2.44. The van der Waals surface area contributed by atoms with Crippen molar-refractivity contribution in [2.45, 2.75) is 31.7 Å². The van der Waals surface area contributed by atoms with E-state index >= 15 is 0 Å². The van der Waals surface area contributed by atoms with Crippen molar-refractivity contribution in [1.29, 1.82) is 0 Å². The Balaban J connectivity index is 2.26. The van der Waals surface area contributed by atoms with Crippen molar-refractivity contribution in [2.75, 3.05) is 13.2 Å². The molecule has 76 valence electrons. The predicted octanol–water partition coefficient (Wildman–Crippen LogP) is -0.940. The van der Waals surface area contributed by atoms with Crippen molar-refractivity contribution in [3.63, 3.8) is 0 Å². The monoisotopic (exact) mass is 190 g/mol. The summed E-state index contributed by atoms with van der Waals surface area (Å²) in [6.45, 7) is 1.78. The molecule has 2 N–H and O–H groups in total. The van der Waals surface area contributed by atoms with Gasteiger partial charge in [0.2, 0.25) is 0 Å². The lowest BCUT2D eigenvalue weighted by molar-refractivity contribution is -0.148. The highest BCUT2D eigenvalue weighted by atomic mass is 16.6. The summed E-state index contributed by atoms with van der Waals surface area (Å²) in [5.41, 5.74) is 0. The number of ether oxygens (including phenoxy) is 2. The van der Waals surface area contributed by atoms with Gasteiger partial charge in [0.1, 0.15) is 24.9 Å². The van der Waals surface area contributed by atoms with Gasteiger partial charge in [-0.05, 0) is 0 Å². The van der Waals surface area contributed by atoms with Crippen LogP contribution in [0.2, 0.25) is 0 Å². The van der Waals surface area contributed by atoms with Crippen molar-refractivity contribution in [3.05, 3.63) is 0 Å². The van der Waals surface area contributed by atoms with E-state index in [0.717, 1.165) is 0 Å². The zero-order valence-electron chi connectivity index (χ0n) is 7.47. The Labute approximate surface area is 76.3 Å². The van der Waals surface area contributed by atoms with Crippen LogP contribution in [0.5, 0.6) is 0 Å². The highest BCUT2D eigenvalue weighted by Gasteiger charge is 2.35. The maximum absolute atomic E-state index is 10.7.